The topological polar surface area (TPSA) is 54.4 Å². The summed E-state index contributed by atoms with van der Waals surface area (Å²) in [6.45, 7) is 0. The van der Waals surface area contributed by atoms with Crippen molar-refractivity contribution in [2.24, 2.45) is 0 Å². The molecule has 0 spiro atoms. The zero-order valence-corrected chi connectivity index (χ0v) is 4.11. The van der Waals surface area contributed by atoms with E-state index >= 15 is 0 Å². The van der Waals surface area contributed by atoms with Gasteiger partial charge in [0.05, 0.1) is 0 Å². The molecule has 1 N–H and O–H groups in total. The summed E-state index contributed by atoms with van der Waals surface area (Å²) in [5.74, 6) is -1.55. The van der Waals surface area contributed by atoms with Crippen LogP contribution in [0.1, 0.15) is 0 Å². The fourth-order valence-corrected chi connectivity index (χ4v) is 0. The molecule has 0 bridgehead atoms. The Balaban J connectivity index is 0. The maximum Gasteiger partial charge on any atom is 0.180 e. The summed E-state index contributed by atoms with van der Waals surface area (Å²) >= 11 is 0. The smallest absolute Gasteiger partial charge is 0.180 e. The number of carboxylic acids is 1. The molecule has 6 heavy (non-hydrogen) atoms. The molecular formula is C2HO3V-. The Morgan fingerprint density at radius 2 is 1.83 bits per heavy atom. The summed E-state index contributed by atoms with van der Waals surface area (Å²) in [5, 5.41) is 7.30. The summed E-state index contributed by atoms with van der Waals surface area (Å²) in [5.41, 5.74) is 0. The van der Waals surface area contributed by atoms with Crippen molar-refractivity contribution in [1.82, 2.24) is 0 Å². The maximum atomic E-state index is 8.94. The average molecular weight is 124 g/mol. The van der Waals surface area contributed by atoms with E-state index < -0.39 is 5.97 Å². The molecule has 3 nitrogen and oxygen atoms in total. The number of carbonyl (C=O) groups is 1. The largest absolute Gasteiger partial charge is 0.531 e. The zero-order valence-electron chi connectivity index (χ0n) is 2.71. The van der Waals surface area contributed by atoms with Gasteiger partial charge in [0, 0.05) is 18.6 Å². The van der Waals surface area contributed by atoms with Gasteiger partial charge in [-0.1, -0.05) is 0 Å². The van der Waals surface area contributed by atoms with Crippen molar-refractivity contribution in [2.75, 3.05) is 0 Å². The summed E-state index contributed by atoms with van der Waals surface area (Å²) in [6, 6.07) is 0. The molecule has 1 radical (unpaired) electrons. The van der Waals surface area contributed by atoms with Gasteiger partial charge in [-0.2, -0.15) is 6.29 Å². The monoisotopic (exact) mass is 124 g/mol. The van der Waals surface area contributed by atoms with Crippen LogP contribution >= 0.6 is 0 Å². The zero-order chi connectivity index (χ0) is 4.28. The molecule has 33 valence electrons. The van der Waals surface area contributed by atoms with Gasteiger partial charge in [0.1, 0.15) is 0 Å². The van der Waals surface area contributed by atoms with Crippen molar-refractivity contribution in [2.45, 2.75) is 0 Å². The predicted octanol–water partition coefficient (Wildman–Crippen LogP) is -0.822. The van der Waals surface area contributed by atoms with Crippen molar-refractivity contribution in [3.05, 3.63) is 0 Å². The van der Waals surface area contributed by atoms with Crippen molar-refractivity contribution in [3.63, 3.8) is 0 Å². The first kappa shape index (κ1) is 9.21. The van der Waals surface area contributed by atoms with Crippen LogP contribution in [0.15, 0.2) is 0 Å². The maximum absolute atomic E-state index is 8.94. The first-order valence-electron chi connectivity index (χ1n) is 0.882. The normalized spacial score (nSPS) is 5.33. The second-order valence-electron chi connectivity index (χ2n) is 0.407. The Bertz CT molecular complexity index is 59.8. The molecule has 0 atom stereocenters. The van der Waals surface area contributed by atoms with E-state index in [-0.39, 0.29) is 18.6 Å². The Morgan fingerprint density at radius 1 is 1.67 bits per heavy atom. The van der Waals surface area contributed by atoms with Gasteiger partial charge in [-0.3, -0.25) is 4.79 Å². The van der Waals surface area contributed by atoms with E-state index in [4.69, 9.17) is 14.7 Å². The summed E-state index contributed by atoms with van der Waals surface area (Å²) < 4.78 is 0. The van der Waals surface area contributed by atoms with E-state index in [1.807, 2.05) is 0 Å². The molecule has 0 aromatic heterocycles. The number of carboxylic acid groups (broad SMARTS) is 1. The second kappa shape index (κ2) is 4.72. The van der Waals surface area contributed by atoms with Crippen LogP contribution in [0, 0.1) is 0 Å². The van der Waals surface area contributed by atoms with Gasteiger partial charge >= 0.3 is 0 Å². The van der Waals surface area contributed by atoms with E-state index in [0.29, 0.717) is 6.29 Å². The fraction of sp³-hybridized carbons (Fsp3) is 0. The molecule has 0 aromatic rings. The van der Waals surface area contributed by atoms with Crippen molar-refractivity contribution < 1.29 is 33.3 Å². The van der Waals surface area contributed by atoms with E-state index in [0.717, 1.165) is 0 Å². The molecule has 0 aromatic carbocycles. The van der Waals surface area contributed by atoms with E-state index in [1.54, 1.807) is 0 Å². The number of hydrogen-bond acceptors (Lipinski definition) is 2. The standard InChI is InChI=1S/C2HO3.V/c3-1-2(4)5;/h(H,4,5);/q-1;. The van der Waals surface area contributed by atoms with Crippen LogP contribution in [0.5, 0.6) is 0 Å². The van der Waals surface area contributed by atoms with E-state index in [1.165, 1.54) is 0 Å². The fourth-order valence-electron chi connectivity index (χ4n) is 0. The molecule has 0 heterocycles. The van der Waals surface area contributed by atoms with Crippen molar-refractivity contribution >= 4 is 12.3 Å². The van der Waals surface area contributed by atoms with Gasteiger partial charge in [0.15, 0.2) is 5.97 Å². The molecule has 0 unspecified atom stereocenters. The summed E-state index contributed by atoms with van der Waals surface area (Å²) in [4.78, 5) is 17.7. The average Bonchev–Trinajstić information content (AvgIpc) is 1.38. The van der Waals surface area contributed by atoms with Gasteiger partial charge in [0.2, 0.25) is 0 Å². The predicted molar refractivity (Wildman–Crippen MR) is 13.3 cm³/mol. The molecule has 0 aliphatic rings. The third-order valence-electron chi connectivity index (χ3n) is 0.0873. The summed E-state index contributed by atoms with van der Waals surface area (Å²) in [7, 11) is 0. The quantitative estimate of drug-likeness (QED) is 0.367. The number of rotatable bonds is 1. The summed E-state index contributed by atoms with van der Waals surface area (Å²) in [6.07, 6.45) is 0.694. The molecule has 0 aliphatic heterocycles. The third kappa shape index (κ3) is 9.30. The van der Waals surface area contributed by atoms with Gasteiger partial charge in [-0.15, -0.1) is 0 Å². The van der Waals surface area contributed by atoms with Gasteiger partial charge in [0.25, 0.3) is 0 Å². The number of aliphatic carboxylic acids is 1. The Morgan fingerprint density at radius 3 is 1.83 bits per heavy atom. The Kier molecular flexibility index (Phi) is 7.25. The third-order valence-corrected chi connectivity index (χ3v) is 0.0873. The number of hydrogen-bond donors (Lipinski definition) is 1. The minimum atomic E-state index is -1.55. The van der Waals surface area contributed by atoms with Gasteiger partial charge in [-0.25, -0.2) is 0 Å². The number of carbonyl (C=O) groups excluding carboxylic acids is 1. The molecule has 0 rings (SSSR count). The van der Waals surface area contributed by atoms with Crippen LogP contribution in [-0.4, -0.2) is 17.4 Å². The first-order chi connectivity index (χ1) is 2.27. The van der Waals surface area contributed by atoms with Crippen LogP contribution in [0.4, 0.5) is 0 Å². The van der Waals surface area contributed by atoms with Crippen LogP contribution < -0.4 is 0 Å². The van der Waals surface area contributed by atoms with Crippen LogP contribution in [0.25, 0.3) is 0 Å². The minimum absolute atomic E-state index is 0. The molecule has 0 saturated carbocycles. The molecular weight excluding hydrogens is 123 g/mol. The van der Waals surface area contributed by atoms with Crippen LogP contribution in [-0.2, 0) is 28.1 Å². The Labute approximate surface area is 46.2 Å². The molecule has 0 fully saturated rings. The first-order valence-corrected chi connectivity index (χ1v) is 0.882. The van der Waals surface area contributed by atoms with Crippen LogP contribution in [0.2, 0.25) is 0 Å². The molecule has 0 aliphatic carbocycles. The minimum Gasteiger partial charge on any atom is -0.531 e. The second-order valence-corrected chi connectivity index (χ2v) is 0.407. The molecule has 0 saturated heterocycles. The van der Waals surface area contributed by atoms with E-state index in [2.05, 4.69) is 0 Å². The van der Waals surface area contributed by atoms with Gasteiger partial charge in [-0.05, 0) is 0 Å². The molecule has 0 amide bonds. The van der Waals surface area contributed by atoms with Crippen molar-refractivity contribution in [3.8, 4) is 0 Å². The molecule has 4 heteroatoms. The van der Waals surface area contributed by atoms with Crippen molar-refractivity contribution in [1.29, 1.82) is 0 Å². The SMILES string of the molecule is O=[C-]C(=O)O.[V]. The Hall–Kier alpha value is -0.276. The van der Waals surface area contributed by atoms with E-state index in [9.17, 15) is 0 Å². The van der Waals surface area contributed by atoms with Crippen LogP contribution in [0.3, 0.4) is 0 Å². The van der Waals surface area contributed by atoms with Gasteiger partial charge < -0.3 is 9.90 Å².